The predicted molar refractivity (Wildman–Crippen MR) is 98.0 cm³/mol. The van der Waals surface area contributed by atoms with E-state index in [0.717, 1.165) is 32.2 Å². The second-order valence-electron chi connectivity index (χ2n) is 6.52. The summed E-state index contributed by atoms with van der Waals surface area (Å²) < 4.78 is 0. The van der Waals surface area contributed by atoms with Gasteiger partial charge in [-0.25, -0.2) is 0 Å². The standard InChI is InChI=1S/C21H26N2O/c1-2-22-20(14-16-8-4-3-5-9-16)21(24)23-19-13-12-17-10-6-7-11-18(17)15-19/h3-11,19-20,22H,2,12-15H2,1H3,(H,23,24). The van der Waals surface area contributed by atoms with Crippen molar-refractivity contribution in [2.75, 3.05) is 6.54 Å². The zero-order valence-corrected chi connectivity index (χ0v) is 14.3. The molecule has 0 aromatic heterocycles. The van der Waals surface area contributed by atoms with Gasteiger partial charge in [-0.3, -0.25) is 4.79 Å². The number of hydrogen-bond acceptors (Lipinski definition) is 2. The van der Waals surface area contributed by atoms with Crippen LogP contribution >= 0.6 is 0 Å². The summed E-state index contributed by atoms with van der Waals surface area (Å²) in [6.07, 6.45) is 3.73. The lowest BCUT2D eigenvalue weighted by Crippen LogP contribution is -2.50. The van der Waals surface area contributed by atoms with Crippen molar-refractivity contribution in [2.45, 2.75) is 44.7 Å². The Morgan fingerprint density at radius 1 is 1.08 bits per heavy atom. The Kier molecular flexibility index (Phi) is 5.65. The number of hydrogen-bond donors (Lipinski definition) is 2. The first kappa shape index (κ1) is 16.7. The Balaban J connectivity index is 1.61. The smallest absolute Gasteiger partial charge is 0.237 e. The van der Waals surface area contributed by atoms with Crippen LogP contribution in [0.15, 0.2) is 54.6 Å². The first-order valence-corrected chi connectivity index (χ1v) is 8.90. The van der Waals surface area contributed by atoms with Crippen LogP contribution in [0.4, 0.5) is 0 Å². The lowest BCUT2D eigenvalue weighted by molar-refractivity contribution is -0.123. The lowest BCUT2D eigenvalue weighted by atomic mass is 9.88. The third-order valence-electron chi connectivity index (χ3n) is 4.74. The minimum Gasteiger partial charge on any atom is -0.352 e. The van der Waals surface area contributed by atoms with Crippen molar-refractivity contribution in [1.29, 1.82) is 0 Å². The molecule has 2 aromatic rings. The maximum Gasteiger partial charge on any atom is 0.237 e. The first-order valence-electron chi connectivity index (χ1n) is 8.90. The van der Waals surface area contributed by atoms with Crippen molar-refractivity contribution in [3.8, 4) is 0 Å². The summed E-state index contributed by atoms with van der Waals surface area (Å²) in [6, 6.07) is 18.8. The molecular formula is C21H26N2O. The van der Waals surface area contributed by atoms with Gasteiger partial charge in [0.25, 0.3) is 0 Å². The average molecular weight is 322 g/mol. The number of benzene rings is 2. The second kappa shape index (κ2) is 8.11. The molecule has 0 radical (unpaired) electrons. The molecule has 0 bridgehead atoms. The maximum absolute atomic E-state index is 12.7. The topological polar surface area (TPSA) is 41.1 Å². The van der Waals surface area contributed by atoms with E-state index in [-0.39, 0.29) is 18.0 Å². The van der Waals surface area contributed by atoms with Crippen LogP contribution in [-0.4, -0.2) is 24.5 Å². The zero-order chi connectivity index (χ0) is 16.8. The average Bonchev–Trinajstić information content (AvgIpc) is 2.62. The number of amides is 1. The molecule has 126 valence electrons. The molecule has 3 heteroatoms. The third-order valence-corrected chi connectivity index (χ3v) is 4.74. The number of carbonyl (C=O) groups is 1. The molecule has 0 fully saturated rings. The highest BCUT2D eigenvalue weighted by Gasteiger charge is 2.24. The quantitative estimate of drug-likeness (QED) is 0.858. The van der Waals surface area contributed by atoms with Gasteiger partial charge in [0.2, 0.25) is 5.91 Å². The maximum atomic E-state index is 12.7. The molecule has 3 rings (SSSR count). The fraction of sp³-hybridized carbons (Fsp3) is 0.381. The first-order chi connectivity index (χ1) is 11.8. The molecule has 24 heavy (non-hydrogen) atoms. The molecule has 2 unspecified atom stereocenters. The molecule has 0 spiro atoms. The van der Waals surface area contributed by atoms with Crippen LogP contribution in [0.3, 0.4) is 0 Å². The Morgan fingerprint density at radius 3 is 2.54 bits per heavy atom. The molecule has 0 heterocycles. The highest BCUT2D eigenvalue weighted by atomic mass is 16.2. The van der Waals surface area contributed by atoms with Gasteiger partial charge in [0.05, 0.1) is 6.04 Å². The van der Waals surface area contributed by atoms with Crippen molar-refractivity contribution in [2.24, 2.45) is 0 Å². The molecule has 0 saturated carbocycles. The van der Waals surface area contributed by atoms with Gasteiger partial charge in [-0.15, -0.1) is 0 Å². The molecule has 1 amide bonds. The summed E-state index contributed by atoms with van der Waals surface area (Å²) in [7, 11) is 0. The highest BCUT2D eigenvalue weighted by molar-refractivity contribution is 5.82. The van der Waals surface area contributed by atoms with Gasteiger partial charge >= 0.3 is 0 Å². The van der Waals surface area contributed by atoms with E-state index in [1.807, 2.05) is 25.1 Å². The van der Waals surface area contributed by atoms with Crippen LogP contribution in [-0.2, 0) is 24.1 Å². The van der Waals surface area contributed by atoms with Crippen LogP contribution in [0, 0.1) is 0 Å². The van der Waals surface area contributed by atoms with E-state index >= 15 is 0 Å². The van der Waals surface area contributed by atoms with Gasteiger partial charge in [-0.1, -0.05) is 61.5 Å². The van der Waals surface area contributed by atoms with E-state index in [1.54, 1.807) is 0 Å². The summed E-state index contributed by atoms with van der Waals surface area (Å²) >= 11 is 0. The fourth-order valence-electron chi connectivity index (χ4n) is 3.48. The molecule has 1 aliphatic rings. The number of likely N-dealkylation sites (N-methyl/N-ethyl adjacent to an activating group) is 1. The zero-order valence-electron chi connectivity index (χ0n) is 14.3. The van der Waals surface area contributed by atoms with Crippen molar-refractivity contribution in [3.05, 3.63) is 71.3 Å². The molecule has 2 N–H and O–H groups in total. The molecular weight excluding hydrogens is 296 g/mol. The van der Waals surface area contributed by atoms with E-state index in [0.29, 0.717) is 0 Å². The molecule has 1 aliphatic carbocycles. The Morgan fingerprint density at radius 2 is 1.79 bits per heavy atom. The third kappa shape index (κ3) is 4.24. The summed E-state index contributed by atoms with van der Waals surface area (Å²) in [4.78, 5) is 12.7. The Hall–Kier alpha value is -2.13. The Labute approximate surface area is 144 Å². The predicted octanol–water partition coefficient (Wildman–Crippen LogP) is 2.88. The molecule has 0 aliphatic heterocycles. The van der Waals surface area contributed by atoms with Gasteiger partial charge in [-0.2, -0.15) is 0 Å². The van der Waals surface area contributed by atoms with Crippen molar-refractivity contribution < 1.29 is 4.79 Å². The number of aryl methyl sites for hydroxylation is 1. The molecule has 3 nitrogen and oxygen atoms in total. The van der Waals surface area contributed by atoms with Gasteiger partial charge in [0.15, 0.2) is 0 Å². The van der Waals surface area contributed by atoms with Crippen molar-refractivity contribution in [1.82, 2.24) is 10.6 Å². The van der Waals surface area contributed by atoms with Crippen molar-refractivity contribution >= 4 is 5.91 Å². The minimum atomic E-state index is -0.172. The summed E-state index contributed by atoms with van der Waals surface area (Å²) in [5.41, 5.74) is 3.99. The van der Waals surface area contributed by atoms with Gasteiger partial charge in [0.1, 0.15) is 0 Å². The summed E-state index contributed by atoms with van der Waals surface area (Å²) in [6.45, 7) is 2.83. The molecule has 2 atom stereocenters. The molecule has 2 aromatic carbocycles. The van der Waals surface area contributed by atoms with E-state index in [1.165, 1.54) is 16.7 Å². The number of fused-ring (bicyclic) bond motifs is 1. The van der Waals surface area contributed by atoms with Crippen LogP contribution in [0.2, 0.25) is 0 Å². The minimum absolute atomic E-state index is 0.116. The fourth-order valence-corrected chi connectivity index (χ4v) is 3.48. The number of carbonyl (C=O) groups excluding carboxylic acids is 1. The van der Waals surface area contributed by atoms with Crippen LogP contribution in [0.25, 0.3) is 0 Å². The monoisotopic (exact) mass is 322 g/mol. The van der Waals surface area contributed by atoms with Gasteiger partial charge < -0.3 is 10.6 Å². The van der Waals surface area contributed by atoms with Crippen LogP contribution in [0.1, 0.15) is 30.0 Å². The number of nitrogens with one attached hydrogen (secondary N) is 2. The van der Waals surface area contributed by atoms with Crippen LogP contribution in [0.5, 0.6) is 0 Å². The SMILES string of the molecule is CCNC(Cc1ccccc1)C(=O)NC1CCc2ccccc2C1. The van der Waals surface area contributed by atoms with E-state index in [4.69, 9.17) is 0 Å². The number of rotatable bonds is 6. The van der Waals surface area contributed by atoms with E-state index in [2.05, 4.69) is 47.0 Å². The van der Waals surface area contributed by atoms with E-state index < -0.39 is 0 Å². The lowest BCUT2D eigenvalue weighted by Gasteiger charge is -2.27. The van der Waals surface area contributed by atoms with Gasteiger partial charge in [0, 0.05) is 6.04 Å². The van der Waals surface area contributed by atoms with E-state index in [9.17, 15) is 4.79 Å². The normalized spacial score (nSPS) is 17.8. The second-order valence-corrected chi connectivity index (χ2v) is 6.52. The molecule has 0 saturated heterocycles. The van der Waals surface area contributed by atoms with Gasteiger partial charge in [-0.05, 0) is 48.9 Å². The Bertz CT molecular complexity index is 669. The van der Waals surface area contributed by atoms with Crippen LogP contribution < -0.4 is 10.6 Å². The summed E-state index contributed by atoms with van der Waals surface area (Å²) in [5.74, 6) is 0.116. The summed E-state index contributed by atoms with van der Waals surface area (Å²) in [5, 5.41) is 6.59. The highest BCUT2D eigenvalue weighted by Crippen LogP contribution is 2.21. The largest absolute Gasteiger partial charge is 0.352 e. The van der Waals surface area contributed by atoms with Crippen molar-refractivity contribution in [3.63, 3.8) is 0 Å².